The molecule has 0 aliphatic heterocycles. The summed E-state index contributed by atoms with van der Waals surface area (Å²) in [7, 11) is 4.01. The van der Waals surface area contributed by atoms with E-state index in [9.17, 15) is 0 Å². The van der Waals surface area contributed by atoms with E-state index in [4.69, 9.17) is 5.11 Å². The molecule has 0 fully saturated rings. The second-order valence-corrected chi connectivity index (χ2v) is 3.88. The van der Waals surface area contributed by atoms with Gasteiger partial charge in [-0.1, -0.05) is 0 Å². The molecule has 1 aromatic rings. The van der Waals surface area contributed by atoms with Crippen molar-refractivity contribution in [1.29, 1.82) is 0 Å². The molecule has 1 atom stereocenters. The van der Waals surface area contributed by atoms with Crippen LogP contribution in [0, 0.1) is 0 Å². The number of aliphatic hydroxyl groups is 1. The summed E-state index contributed by atoms with van der Waals surface area (Å²) in [4.78, 5) is 6.15. The van der Waals surface area contributed by atoms with Gasteiger partial charge in [0.05, 0.1) is 6.10 Å². The zero-order valence-electron chi connectivity index (χ0n) is 9.57. The third kappa shape index (κ3) is 3.85. The van der Waals surface area contributed by atoms with Crippen LogP contribution in [-0.2, 0) is 6.54 Å². The van der Waals surface area contributed by atoms with Crippen LogP contribution in [0.4, 0.5) is 5.69 Å². The van der Waals surface area contributed by atoms with Crippen molar-refractivity contribution < 1.29 is 5.11 Å². The maximum atomic E-state index is 9.12. The Bertz CT molecular complexity index is 300. The number of rotatable bonds is 5. The predicted molar refractivity (Wildman–Crippen MR) is 62.0 cm³/mol. The van der Waals surface area contributed by atoms with Gasteiger partial charge in [-0.2, -0.15) is 0 Å². The van der Waals surface area contributed by atoms with Crippen molar-refractivity contribution in [2.75, 3.05) is 25.5 Å². The summed E-state index contributed by atoms with van der Waals surface area (Å²) < 4.78 is 0. The Balaban J connectivity index is 2.59. The highest BCUT2D eigenvalue weighted by Crippen LogP contribution is 2.15. The molecule has 1 rings (SSSR count). The number of aliphatic hydroxyl groups excluding tert-OH is 1. The van der Waals surface area contributed by atoms with Gasteiger partial charge < -0.3 is 15.3 Å². The first-order valence-electron chi connectivity index (χ1n) is 5.10. The molecule has 1 heterocycles. The van der Waals surface area contributed by atoms with Gasteiger partial charge in [-0.3, -0.25) is 4.98 Å². The monoisotopic (exact) mass is 209 g/mol. The van der Waals surface area contributed by atoms with Gasteiger partial charge in [-0.15, -0.1) is 0 Å². The number of nitrogens with one attached hydrogen (secondary N) is 1. The predicted octanol–water partition coefficient (Wildman–Crippen LogP) is 0.618. The molecule has 2 N–H and O–H groups in total. The Morgan fingerprint density at radius 2 is 2.27 bits per heavy atom. The van der Waals surface area contributed by atoms with E-state index in [0.717, 1.165) is 17.8 Å². The lowest BCUT2D eigenvalue weighted by Gasteiger charge is -2.17. The Labute approximate surface area is 90.9 Å². The Kier molecular flexibility index (Phi) is 4.52. The largest absolute Gasteiger partial charge is 0.392 e. The molecule has 4 nitrogen and oxygen atoms in total. The summed E-state index contributed by atoms with van der Waals surface area (Å²) in [6.07, 6.45) is 3.32. The van der Waals surface area contributed by atoms with Gasteiger partial charge in [-0.05, 0) is 13.0 Å². The zero-order chi connectivity index (χ0) is 11.3. The van der Waals surface area contributed by atoms with E-state index in [2.05, 4.69) is 15.2 Å². The van der Waals surface area contributed by atoms with Crippen molar-refractivity contribution in [3.63, 3.8) is 0 Å². The molecule has 1 aromatic heterocycles. The second kappa shape index (κ2) is 5.68. The number of hydrogen-bond donors (Lipinski definition) is 2. The van der Waals surface area contributed by atoms with Crippen molar-refractivity contribution in [2.24, 2.45) is 0 Å². The molecule has 0 bridgehead atoms. The van der Waals surface area contributed by atoms with E-state index in [-0.39, 0.29) is 6.10 Å². The lowest BCUT2D eigenvalue weighted by atomic mass is 10.2. The maximum Gasteiger partial charge on any atom is 0.0636 e. The van der Waals surface area contributed by atoms with Crippen molar-refractivity contribution >= 4 is 5.69 Å². The Morgan fingerprint density at radius 1 is 1.53 bits per heavy atom. The summed E-state index contributed by atoms with van der Waals surface area (Å²) in [6.45, 7) is 3.09. The van der Waals surface area contributed by atoms with Crippen LogP contribution in [0.5, 0.6) is 0 Å². The van der Waals surface area contributed by atoms with Crippen LogP contribution in [0.15, 0.2) is 18.5 Å². The van der Waals surface area contributed by atoms with Gasteiger partial charge in [0.1, 0.15) is 0 Å². The number of hydrogen-bond acceptors (Lipinski definition) is 4. The van der Waals surface area contributed by atoms with Crippen LogP contribution in [0.25, 0.3) is 0 Å². The molecule has 0 aromatic carbocycles. The van der Waals surface area contributed by atoms with Crippen molar-refractivity contribution in [2.45, 2.75) is 19.6 Å². The SMILES string of the molecule is CC(O)CNCc1cnccc1N(C)C. The Hall–Kier alpha value is -1.13. The first kappa shape index (κ1) is 11.9. The molecular formula is C11H19N3O. The van der Waals surface area contributed by atoms with Crippen molar-refractivity contribution in [1.82, 2.24) is 10.3 Å². The average Bonchev–Trinajstić information content (AvgIpc) is 2.17. The summed E-state index contributed by atoms with van der Waals surface area (Å²) in [6, 6.07) is 1.99. The average molecular weight is 209 g/mol. The van der Waals surface area contributed by atoms with Gasteiger partial charge in [0.25, 0.3) is 0 Å². The van der Waals surface area contributed by atoms with E-state index in [0.29, 0.717) is 6.54 Å². The Morgan fingerprint density at radius 3 is 2.87 bits per heavy atom. The first-order valence-corrected chi connectivity index (χ1v) is 5.10. The third-order valence-corrected chi connectivity index (χ3v) is 2.11. The quantitative estimate of drug-likeness (QED) is 0.746. The second-order valence-electron chi connectivity index (χ2n) is 3.88. The van der Waals surface area contributed by atoms with E-state index >= 15 is 0 Å². The van der Waals surface area contributed by atoms with E-state index in [1.54, 1.807) is 13.1 Å². The number of nitrogens with zero attached hydrogens (tertiary/aromatic N) is 2. The van der Waals surface area contributed by atoms with Crippen LogP contribution in [0.3, 0.4) is 0 Å². The minimum absolute atomic E-state index is 0.315. The van der Waals surface area contributed by atoms with Gasteiger partial charge in [0, 0.05) is 50.8 Å². The van der Waals surface area contributed by atoms with Crippen LogP contribution in [0.1, 0.15) is 12.5 Å². The molecule has 84 valence electrons. The first-order chi connectivity index (χ1) is 7.11. The molecule has 0 radical (unpaired) electrons. The molecule has 0 aliphatic rings. The molecule has 15 heavy (non-hydrogen) atoms. The highest BCUT2D eigenvalue weighted by Gasteiger charge is 2.03. The standard InChI is InChI=1S/C11H19N3O/c1-9(15)6-13-8-10-7-12-5-4-11(10)14(2)3/h4-5,7,9,13,15H,6,8H2,1-3H3. The minimum Gasteiger partial charge on any atom is -0.392 e. The summed E-state index contributed by atoms with van der Waals surface area (Å²) >= 11 is 0. The summed E-state index contributed by atoms with van der Waals surface area (Å²) in [5.41, 5.74) is 2.30. The van der Waals surface area contributed by atoms with Crippen LogP contribution in [-0.4, -0.2) is 36.8 Å². The molecule has 0 saturated carbocycles. The summed E-state index contributed by atoms with van der Waals surface area (Å²) in [5.74, 6) is 0. The number of anilines is 1. The molecule has 0 aliphatic carbocycles. The van der Waals surface area contributed by atoms with Gasteiger partial charge in [0.15, 0.2) is 0 Å². The third-order valence-electron chi connectivity index (χ3n) is 2.11. The van der Waals surface area contributed by atoms with Gasteiger partial charge >= 0.3 is 0 Å². The van der Waals surface area contributed by atoms with Crippen molar-refractivity contribution in [3.8, 4) is 0 Å². The fourth-order valence-electron chi connectivity index (χ4n) is 1.41. The van der Waals surface area contributed by atoms with E-state index < -0.39 is 0 Å². The molecule has 0 spiro atoms. The van der Waals surface area contributed by atoms with Crippen LogP contribution >= 0.6 is 0 Å². The fraction of sp³-hybridized carbons (Fsp3) is 0.545. The van der Waals surface area contributed by atoms with E-state index in [1.165, 1.54) is 0 Å². The molecule has 1 unspecified atom stereocenters. The number of pyridine rings is 1. The molecular weight excluding hydrogens is 190 g/mol. The van der Waals surface area contributed by atoms with Gasteiger partial charge in [-0.25, -0.2) is 0 Å². The lowest BCUT2D eigenvalue weighted by molar-refractivity contribution is 0.191. The molecule has 0 amide bonds. The van der Waals surface area contributed by atoms with Crippen LogP contribution in [0.2, 0.25) is 0 Å². The van der Waals surface area contributed by atoms with E-state index in [1.807, 2.05) is 26.4 Å². The normalized spacial score (nSPS) is 12.5. The minimum atomic E-state index is -0.315. The van der Waals surface area contributed by atoms with Crippen LogP contribution < -0.4 is 10.2 Å². The lowest BCUT2D eigenvalue weighted by Crippen LogP contribution is -2.25. The van der Waals surface area contributed by atoms with Gasteiger partial charge in [0.2, 0.25) is 0 Å². The highest BCUT2D eigenvalue weighted by atomic mass is 16.3. The molecule has 0 saturated heterocycles. The maximum absolute atomic E-state index is 9.12. The smallest absolute Gasteiger partial charge is 0.0636 e. The van der Waals surface area contributed by atoms with Crippen molar-refractivity contribution in [3.05, 3.63) is 24.0 Å². The topological polar surface area (TPSA) is 48.4 Å². The number of aromatic nitrogens is 1. The highest BCUT2D eigenvalue weighted by molar-refractivity contribution is 5.50. The molecule has 4 heteroatoms. The summed E-state index contributed by atoms with van der Waals surface area (Å²) in [5, 5.41) is 12.3. The fourth-order valence-corrected chi connectivity index (χ4v) is 1.41. The zero-order valence-corrected chi connectivity index (χ0v) is 9.57.